The number of hydrogen-bond donors (Lipinski definition) is 2. The minimum atomic E-state index is -0.729. The van der Waals surface area contributed by atoms with Crippen molar-refractivity contribution >= 4 is 17.5 Å². The standard InChI is InChI=1S/C22H25NO4/c1-3-16-4-6-17(7-5-16)18-8-10-19(11-9-18)21(26)12-20(22(27)14-24)13-23-15(2)25/h4-11,20,24H,3,12-14H2,1-2H3,(H,23,25)/t20-/m0/s1. The van der Waals surface area contributed by atoms with Gasteiger partial charge < -0.3 is 10.4 Å². The smallest absolute Gasteiger partial charge is 0.216 e. The van der Waals surface area contributed by atoms with E-state index in [-0.39, 0.29) is 24.7 Å². The number of aliphatic hydroxyl groups is 1. The molecule has 2 aromatic rings. The van der Waals surface area contributed by atoms with Crippen molar-refractivity contribution in [3.63, 3.8) is 0 Å². The van der Waals surface area contributed by atoms with Gasteiger partial charge >= 0.3 is 0 Å². The third-order valence-corrected chi connectivity index (χ3v) is 4.54. The molecule has 5 heteroatoms. The lowest BCUT2D eigenvalue weighted by Gasteiger charge is -2.14. The van der Waals surface area contributed by atoms with Gasteiger partial charge in [0.05, 0.1) is 0 Å². The first-order chi connectivity index (χ1) is 12.9. The van der Waals surface area contributed by atoms with Crippen molar-refractivity contribution in [1.82, 2.24) is 5.32 Å². The van der Waals surface area contributed by atoms with Crippen molar-refractivity contribution in [2.24, 2.45) is 5.92 Å². The summed E-state index contributed by atoms with van der Waals surface area (Å²) >= 11 is 0. The molecule has 2 aromatic carbocycles. The predicted molar refractivity (Wildman–Crippen MR) is 104 cm³/mol. The monoisotopic (exact) mass is 367 g/mol. The average Bonchev–Trinajstić information content (AvgIpc) is 2.70. The van der Waals surface area contributed by atoms with Gasteiger partial charge in [0.1, 0.15) is 6.61 Å². The van der Waals surface area contributed by atoms with Crippen LogP contribution in [0, 0.1) is 5.92 Å². The highest BCUT2D eigenvalue weighted by Crippen LogP contribution is 2.21. The number of rotatable bonds is 9. The first kappa shape index (κ1) is 20.5. The first-order valence-corrected chi connectivity index (χ1v) is 9.05. The van der Waals surface area contributed by atoms with Gasteiger partial charge in [-0.05, 0) is 23.1 Å². The zero-order valence-electron chi connectivity index (χ0n) is 15.7. The summed E-state index contributed by atoms with van der Waals surface area (Å²) in [5.41, 5.74) is 3.85. The molecule has 0 bridgehead atoms. The van der Waals surface area contributed by atoms with Crippen molar-refractivity contribution in [1.29, 1.82) is 0 Å². The lowest BCUT2D eigenvalue weighted by molar-refractivity contribution is -0.126. The Morgan fingerprint density at radius 2 is 1.52 bits per heavy atom. The average molecular weight is 367 g/mol. The summed E-state index contributed by atoms with van der Waals surface area (Å²) in [5.74, 6) is -1.66. The summed E-state index contributed by atoms with van der Waals surface area (Å²) in [6, 6.07) is 15.5. The molecule has 0 unspecified atom stereocenters. The Labute approximate surface area is 159 Å². The van der Waals surface area contributed by atoms with Gasteiger partial charge in [0.15, 0.2) is 11.6 Å². The number of hydrogen-bond acceptors (Lipinski definition) is 4. The summed E-state index contributed by atoms with van der Waals surface area (Å²) < 4.78 is 0. The Kier molecular flexibility index (Phi) is 7.44. The third-order valence-electron chi connectivity index (χ3n) is 4.54. The summed E-state index contributed by atoms with van der Waals surface area (Å²) in [5, 5.41) is 11.6. The molecule has 1 atom stereocenters. The Balaban J connectivity index is 2.08. The third kappa shape index (κ3) is 5.86. The van der Waals surface area contributed by atoms with Crippen LogP contribution in [0.15, 0.2) is 48.5 Å². The van der Waals surface area contributed by atoms with Crippen LogP contribution in [0.25, 0.3) is 11.1 Å². The maximum Gasteiger partial charge on any atom is 0.216 e. The Morgan fingerprint density at radius 3 is 2.00 bits per heavy atom. The highest BCUT2D eigenvalue weighted by atomic mass is 16.3. The maximum absolute atomic E-state index is 12.5. The number of amides is 1. The number of carbonyl (C=O) groups is 3. The number of aliphatic hydroxyl groups excluding tert-OH is 1. The fourth-order valence-electron chi connectivity index (χ4n) is 2.82. The zero-order valence-corrected chi connectivity index (χ0v) is 15.7. The molecule has 0 saturated heterocycles. The van der Waals surface area contributed by atoms with Crippen LogP contribution in [-0.2, 0) is 16.0 Å². The summed E-state index contributed by atoms with van der Waals surface area (Å²) in [6.45, 7) is 2.84. The second-order valence-electron chi connectivity index (χ2n) is 6.51. The van der Waals surface area contributed by atoms with E-state index >= 15 is 0 Å². The SMILES string of the molecule is CCc1ccc(-c2ccc(C(=O)C[C@@H](CNC(C)=O)C(=O)CO)cc2)cc1. The molecule has 0 aliphatic rings. The van der Waals surface area contributed by atoms with Crippen LogP contribution < -0.4 is 5.32 Å². The number of aryl methyl sites for hydroxylation is 1. The van der Waals surface area contributed by atoms with Gasteiger partial charge in [-0.15, -0.1) is 0 Å². The van der Waals surface area contributed by atoms with Crippen LogP contribution >= 0.6 is 0 Å². The summed E-state index contributed by atoms with van der Waals surface area (Å²) in [7, 11) is 0. The van der Waals surface area contributed by atoms with Crippen LogP contribution in [0.2, 0.25) is 0 Å². The van der Waals surface area contributed by atoms with Crippen LogP contribution in [0.5, 0.6) is 0 Å². The van der Waals surface area contributed by atoms with E-state index in [2.05, 4.69) is 36.5 Å². The molecule has 5 nitrogen and oxygen atoms in total. The Morgan fingerprint density at radius 1 is 0.963 bits per heavy atom. The first-order valence-electron chi connectivity index (χ1n) is 9.05. The number of ketones is 2. The zero-order chi connectivity index (χ0) is 19.8. The van der Waals surface area contributed by atoms with Crippen LogP contribution in [0.4, 0.5) is 0 Å². The van der Waals surface area contributed by atoms with E-state index in [0.29, 0.717) is 5.56 Å². The van der Waals surface area contributed by atoms with Gasteiger partial charge in [0, 0.05) is 31.4 Å². The van der Waals surface area contributed by atoms with Crippen LogP contribution in [-0.4, -0.2) is 35.7 Å². The highest BCUT2D eigenvalue weighted by molar-refractivity contribution is 5.99. The molecule has 2 N–H and O–H groups in total. The van der Waals surface area contributed by atoms with E-state index < -0.39 is 18.3 Å². The molecule has 1 amide bonds. The fraction of sp³-hybridized carbons (Fsp3) is 0.318. The van der Waals surface area contributed by atoms with E-state index in [9.17, 15) is 14.4 Å². The topological polar surface area (TPSA) is 83.5 Å². The van der Waals surface area contributed by atoms with E-state index in [1.807, 2.05) is 12.1 Å². The molecule has 0 aliphatic heterocycles. The molecular formula is C22H25NO4. The summed E-state index contributed by atoms with van der Waals surface area (Å²) in [4.78, 5) is 35.4. The molecule has 2 rings (SSSR count). The van der Waals surface area contributed by atoms with E-state index in [4.69, 9.17) is 5.11 Å². The molecule has 0 saturated carbocycles. The van der Waals surface area contributed by atoms with Gasteiger partial charge in [-0.3, -0.25) is 14.4 Å². The highest BCUT2D eigenvalue weighted by Gasteiger charge is 2.22. The van der Waals surface area contributed by atoms with Crippen molar-refractivity contribution in [3.8, 4) is 11.1 Å². The van der Waals surface area contributed by atoms with Crippen molar-refractivity contribution in [3.05, 3.63) is 59.7 Å². The molecule has 0 radical (unpaired) electrons. The van der Waals surface area contributed by atoms with Crippen LogP contribution in [0.1, 0.15) is 36.2 Å². The number of nitrogens with one attached hydrogen (secondary N) is 1. The van der Waals surface area contributed by atoms with Crippen molar-refractivity contribution in [2.45, 2.75) is 26.7 Å². The van der Waals surface area contributed by atoms with E-state index in [1.165, 1.54) is 12.5 Å². The van der Waals surface area contributed by atoms with Gasteiger partial charge in [-0.25, -0.2) is 0 Å². The minimum absolute atomic E-state index is 0.0440. The second kappa shape index (κ2) is 9.78. The number of carbonyl (C=O) groups excluding carboxylic acids is 3. The maximum atomic E-state index is 12.5. The molecule has 0 aliphatic carbocycles. The van der Waals surface area contributed by atoms with Crippen LogP contribution in [0.3, 0.4) is 0 Å². The molecule has 27 heavy (non-hydrogen) atoms. The minimum Gasteiger partial charge on any atom is -0.389 e. The molecule has 0 fully saturated rings. The normalized spacial score (nSPS) is 11.7. The number of Topliss-reactive ketones (excluding diaryl/α,β-unsaturated/α-hetero) is 2. The quantitative estimate of drug-likeness (QED) is 0.668. The summed E-state index contributed by atoms with van der Waals surface area (Å²) in [6.07, 6.45) is 0.935. The fourth-order valence-corrected chi connectivity index (χ4v) is 2.82. The van der Waals surface area contributed by atoms with Crippen molar-refractivity contribution < 1.29 is 19.5 Å². The lowest BCUT2D eigenvalue weighted by Crippen LogP contribution is -2.34. The van der Waals surface area contributed by atoms with Gasteiger partial charge in [-0.2, -0.15) is 0 Å². The largest absolute Gasteiger partial charge is 0.389 e. The van der Waals surface area contributed by atoms with E-state index in [0.717, 1.165) is 17.5 Å². The molecule has 142 valence electrons. The van der Waals surface area contributed by atoms with Crippen molar-refractivity contribution in [2.75, 3.05) is 13.2 Å². The van der Waals surface area contributed by atoms with Gasteiger partial charge in [0.25, 0.3) is 0 Å². The van der Waals surface area contributed by atoms with E-state index in [1.54, 1.807) is 12.1 Å². The predicted octanol–water partition coefficient (Wildman–Crippen LogP) is 2.80. The molecule has 0 heterocycles. The van der Waals surface area contributed by atoms with Gasteiger partial charge in [0.2, 0.25) is 5.91 Å². The Bertz CT molecular complexity index is 794. The Hall–Kier alpha value is -2.79. The van der Waals surface area contributed by atoms with Gasteiger partial charge in [-0.1, -0.05) is 55.5 Å². The molecular weight excluding hydrogens is 342 g/mol. The number of benzene rings is 2. The second-order valence-corrected chi connectivity index (χ2v) is 6.51. The molecule has 0 aromatic heterocycles. The molecule has 0 spiro atoms. The lowest BCUT2D eigenvalue weighted by atomic mass is 9.93.